The maximum Gasteiger partial charge on any atom is 0.514 e. The number of hydrogen-bond acceptors (Lipinski definition) is 10. The van der Waals surface area contributed by atoms with Gasteiger partial charge in [-0.25, -0.2) is 9.59 Å². The average molecular weight is 680 g/mol. The summed E-state index contributed by atoms with van der Waals surface area (Å²) in [5.74, 6) is -1.46. The van der Waals surface area contributed by atoms with E-state index in [1.165, 1.54) is 40.9 Å². The summed E-state index contributed by atoms with van der Waals surface area (Å²) in [7, 11) is 0. The molecule has 2 aliphatic rings. The molecule has 0 bridgehead atoms. The van der Waals surface area contributed by atoms with Gasteiger partial charge in [-0.15, -0.1) is 11.8 Å². The Hall–Kier alpha value is -5.95. The zero-order valence-electron chi connectivity index (χ0n) is 25.8. The van der Waals surface area contributed by atoms with Gasteiger partial charge in [-0.2, -0.15) is 0 Å². The monoisotopic (exact) mass is 679 g/mol. The number of rotatable bonds is 11. The van der Waals surface area contributed by atoms with E-state index in [0.29, 0.717) is 16.7 Å². The smallest absolute Gasteiger partial charge is 0.448 e. The average Bonchev–Trinajstić information content (AvgIpc) is 3.12. The summed E-state index contributed by atoms with van der Waals surface area (Å²) in [6, 6.07) is 31.4. The van der Waals surface area contributed by atoms with Gasteiger partial charge in [-0.05, 0) is 28.8 Å². The molecule has 2 amide bonds. The molecule has 0 aromatic heterocycles. The molecule has 2 aliphatic heterocycles. The van der Waals surface area contributed by atoms with E-state index in [2.05, 4.69) is 5.32 Å². The van der Waals surface area contributed by atoms with Crippen LogP contribution in [0.4, 0.5) is 10.5 Å². The topological polar surface area (TPSA) is 154 Å². The van der Waals surface area contributed by atoms with Crippen LogP contribution >= 0.6 is 11.8 Å². The highest BCUT2D eigenvalue weighted by Gasteiger charge is 2.54. The molecular formula is C36H29N3O9S. The number of β-lactam (4-membered cyclic amide) rings is 1. The van der Waals surface area contributed by atoms with Gasteiger partial charge in [0.15, 0.2) is 6.10 Å². The van der Waals surface area contributed by atoms with Crippen molar-refractivity contribution in [1.29, 1.82) is 0 Å². The first-order valence-electron chi connectivity index (χ1n) is 15.2. The second-order valence-electron chi connectivity index (χ2n) is 11.1. The Bertz CT molecular complexity index is 1850. The summed E-state index contributed by atoms with van der Waals surface area (Å²) >= 11 is 1.30. The normalized spacial score (nSPS) is 16.7. The third kappa shape index (κ3) is 7.63. The number of esters is 1. The standard InChI is InChI=1S/C36H29N3O9S/c40-29(20-23-10-4-1-5-11-23)37-30-33(41)38-31(35(42)48-32(24-12-6-2-7-13-24)25-14-8-3-9-15-25)26(22-49-34(30)38)21-46-36(43)47-28-18-16-27(17-19-28)39(44)45/h1-19,30,32,34H,20-22H2,(H,37,40). The molecule has 0 radical (unpaired) electrons. The first-order valence-corrected chi connectivity index (χ1v) is 16.2. The van der Waals surface area contributed by atoms with E-state index in [1.54, 1.807) is 0 Å². The highest BCUT2D eigenvalue weighted by Crippen LogP contribution is 2.42. The molecule has 6 rings (SSSR count). The minimum atomic E-state index is -1.12. The van der Waals surface area contributed by atoms with Gasteiger partial charge >= 0.3 is 12.1 Å². The van der Waals surface area contributed by atoms with Crippen molar-refractivity contribution in [3.8, 4) is 5.75 Å². The Morgan fingerprint density at radius 2 is 1.47 bits per heavy atom. The van der Waals surface area contributed by atoms with Crippen LogP contribution in [0.3, 0.4) is 0 Å². The fourth-order valence-corrected chi connectivity index (χ4v) is 6.77. The van der Waals surface area contributed by atoms with Crippen LogP contribution in [0.25, 0.3) is 0 Å². The molecule has 248 valence electrons. The molecule has 13 heteroatoms. The maximum absolute atomic E-state index is 14.1. The molecule has 12 nitrogen and oxygen atoms in total. The molecule has 0 spiro atoms. The number of nitro benzene ring substituents is 1. The van der Waals surface area contributed by atoms with E-state index in [0.717, 1.165) is 5.56 Å². The Kier molecular flexibility index (Phi) is 10.00. The lowest BCUT2D eigenvalue weighted by molar-refractivity contribution is -0.384. The van der Waals surface area contributed by atoms with Gasteiger partial charge in [0, 0.05) is 23.5 Å². The Morgan fingerprint density at radius 3 is 2.06 bits per heavy atom. The van der Waals surface area contributed by atoms with E-state index in [-0.39, 0.29) is 35.2 Å². The van der Waals surface area contributed by atoms with Gasteiger partial charge in [0.2, 0.25) is 5.91 Å². The van der Waals surface area contributed by atoms with Crippen LogP contribution in [0, 0.1) is 10.1 Å². The molecule has 4 aromatic rings. The molecule has 49 heavy (non-hydrogen) atoms. The molecule has 2 heterocycles. The molecule has 0 saturated carbocycles. The second-order valence-corrected chi connectivity index (χ2v) is 12.2. The lowest BCUT2D eigenvalue weighted by Crippen LogP contribution is -2.70. The molecule has 1 fully saturated rings. The number of fused-ring (bicyclic) bond motifs is 1. The lowest BCUT2D eigenvalue weighted by atomic mass is 10.0. The number of amides is 2. The first-order chi connectivity index (χ1) is 23.8. The summed E-state index contributed by atoms with van der Waals surface area (Å²) in [6.07, 6.45) is -1.85. The van der Waals surface area contributed by atoms with Crippen molar-refractivity contribution in [3.63, 3.8) is 0 Å². The van der Waals surface area contributed by atoms with Crippen molar-refractivity contribution in [1.82, 2.24) is 10.2 Å². The molecule has 2 unspecified atom stereocenters. The quantitative estimate of drug-likeness (QED) is 0.0722. The van der Waals surface area contributed by atoms with E-state index in [1.807, 2.05) is 91.0 Å². The Labute approximate surface area is 284 Å². The number of nitrogens with one attached hydrogen (secondary N) is 1. The summed E-state index contributed by atoms with van der Waals surface area (Å²) in [4.78, 5) is 64.8. The number of thioether (sulfide) groups is 1. The van der Waals surface area contributed by atoms with Gasteiger partial charge in [0.25, 0.3) is 11.6 Å². The summed E-state index contributed by atoms with van der Waals surface area (Å²) in [6.45, 7) is -0.411. The van der Waals surface area contributed by atoms with E-state index in [4.69, 9.17) is 14.2 Å². The summed E-state index contributed by atoms with van der Waals surface area (Å²) in [5.41, 5.74) is 2.24. The van der Waals surface area contributed by atoms with Gasteiger partial charge in [-0.3, -0.25) is 24.6 Å². The van der Waals surface area contributed by atoms with E-state index < -0.39 is 47.1 Å². The van der Waals surface area contributed by atoms with Crippen LogP contribution in [0.5, 0.6) is 5.75 Å². The van der Waals surface area contributed by atoms with Crippen molar-refractivity contribution in [3.05, 3.63) is 153 Å². The number of benzene rings is 4. The highest BCUT2D eigenvalue weighted by atomic mass is 32.2. The fraction of sp³-hybridized carbons (Fsp3) is 0.167. The van der Waals surface area contributed by atoms with Crippen molar-refractivity contribution >= 4 is 41.4 Å². The van der Waals surface area contributed by atoms with Crippen molar-refractivity contribution in [2.24, 2.45) is 0 Å². The SMILES string of the molecule is O=C(Cc1ccccc1)NC1C(=O)N2C(C(=O)OC(c3ccccc3)c3ccccc3)=C(COC(=O)Oc3ccc([N+](=O)[O-])cc3)CSC12. The minimum Gasteiger partial charge on any atom is -0.448 e. The Balaban J connectivity index is 1.23. The van der Waals surface area contributed by atoms with E-state index >= 15 is 0 Å². The van der Waals surface area contributed by atoms with Crippen molar-refractivity contribution < 1.29 is 38.3 Å². The number of carbonyl (C=O) groups is 4. The van der Waals surface area contributed by atoms with Crippen molar-refractivity contribution in [2.75, 3.05) is 12.4 Å². The second kappa shape index (κ2) is 14.9. The number of nitrogens with zero attached hydrogens (tertiary/aromatic N) is 2. The third-order valence-electron chi connectivity index (χ3n) is 7.81. The zero-order chi connectivity index (χ0) is 34.3. The number of non-ortho nitro benzene ring substituents is 1. The number of carbonyl (C=O) groups excluding carboxylic acids is 4. The highest BCUT2D eigenvalue weighted by molar-refractivity contribution is 8.00. The predicted molar refractivity (Wildman–Crippen MR) is 178 cm³/mol. The molecule has 4 aromatic carbocycles. The summed E-state index contributed by atoms with van der Waals surface area (Å²) < 4.78 is 16.6. The maximum atomic E-state index is 14.1. The van der Waals surface area contributed by atoms with Crippen LogP contribution in [0.1, 0.15) is 22.8 Å². The molecular weight excluding hydrogens is 650 g/mol. The van der Waals surface area contributed by atoms with Gasteiger partial charge < -0.3 is 19.5 Å². The van der Waals surface area contributed by atoms with Gasteiger partial charge in [0.05, 0.1) is 11.3 Å². The Morgan fingerprint density at radius 1 is 0.878 bits per heavy atom. The van der Waals surface area contributed by atoms with Crippen LogP contribution in [0.2, 0.25) is 0 Å². The van der Waals surface area contributed by atoms with Crippen LogP contribution < -0.4 is 10.1 Å². The van der Waals surface area contributed by atoms with Gasteiger partial charge in [0.1, 0.15) is 29.5 Å². The molecule has 2 atom stereocenters. The van der Waals surface area contributed by atoms with Crippen LogP contribution in [-0.2, 0) is 30.3 Å². The number of hydrogen-bond donors (Lipinski definition) is 1. The minimum absolute atomic E-state index is 0.0165. The number of ether oxygens (including phenoxy) is 3. The van der Waals surface area contributed by atoms with E-state index in [9.17, 15) is 29.3 Å². The first kappa shape index (κ1) is 33.0. The molecule has 1 saturated heterocycles. The molecule has 1 N–H and O–H groups in total. The number of nitro groups is 1. The fourth-order valence-electron chi connectivity index (χ4n) is 5.44. The summed E-state index contributed by atoms with van der Waals surface area (Å²) in [5, 5.41) is 13.1. The lowest BCUT2D eigenvalue weighted by Gasteiger charge is -2.49. The zero-order valence-corrected chi connectivity index (χ0v) is 26.6. The predicted octanol–water partition coefficient (Wildman–Crippen LogP) is 5.34. The van der Waals surface area contributed by atoms with Crippen molar-refractivity contribution in [2.45, 2.75) is 23.9 Å². The molecule has 0 aliphatic carbocycles. The third-order valence-corrected chi connectivity index (χ3v) is 9.15. The van der Waals surface area contributed by atoms with Crippen LogP contribution in [0.15, 0.2) is 127 Å². The van der Waals surface area contributed by atoms with Crippen LogP contribution in [-0.4, -0.2) is 57.5 Å². The van der Waals surface area contributed by atoms with Gasteiger partial charge in [-0.1, -0.05) is 91.0 Å². The largest absolute Gasteiger partial charge is 0.514 e.